The summed E-state index contributed by atoms with van der Waals surface area (Å²) in [6.45, 7) is 5.34. The first-order valence-electron chi connectivity index (χ1n) is 6.52. The SMILES string of the molecule is CC(C)CC1CN(c2ccccc2C(F)(F)F)CN1. The zero-order valence-electron chi connectivity index (χ0n) is 11.2. The lowest BCUT2D eigenvalue weighted by atomic mass is 10.0. The van der Waals surface area contributed by atoms with Gasteiger partial charge in [0.05, 0.1) is 17.9 Å². The molecular weight excluding hydrogens is 253 g/mol. The van der Waals surface area contributed by atoms with Gasteiger partial charge < -0.3 is 4.90 Å². The summed E-state index contributed by atoms with van der Waals surface area (Å²) in [5.74, 6) is 0.537. The summed E-state index contributed by atoms with van der Waals surface area (Å²) in [6, 6.07) is 6.04. The van der Waals surface area contributed by atoms with Crippen molar-refractivity contribution in [2.24, 2.45) is 5.92 Å². The molecule has 1 atom stereocenters. The van der Waals surface area contributed by atoms with E-state index in [1.54, 1.807) is 17.0 Å². The van der Waals surface area contributed by atoms with Gasteiger partial charge in [-0.1, -0.05) is 26.0 Å². The van der Waals surface area contributed by atoms with Gasteiger partial charge in [-0.25, -0.2) is 0 Å². The molecule has 0 spiro atoms. The molecule has 1 aromatic rings. The third-order valence-corrected chi connectivity index (χ3v) is 3.32. The number of nitrogens with zero attached hydrogens (tertiary/aromatic N) is 1. The molecule has 1 heterocycles. The average Bonchev–Trinajstić information content (AvgIpc) is 2.75. The third-order valence-electron chi connectivity index (χ3n) is 3.32. The summed E-state index contributed by atoms with van der Waals surface area (Å²) in [7, 11) is 0. The molecule has 1 fully saturated rings. The molecule has 0 aliphatic carbocycles. The molecule has 1 N–H and O–H groups in total. The molecule has 19 heavy (non-hydrogen) atoms. The van der Waals surface area contributed by atoms with Crippen molar-refractivity contribution in [1.82, 2.24) is 5.32 Å². The van der Waals surface area contributed by atoms with Crippen molar-refractivity contribution in [3.63, 3.8) is 0 Å². The van der Waals surface area contributed by atoms with E-state index >= 15 is 0 Å². The van der Waals surface area contributed by atoms with Crippen molar-refractivity contribution in [2.75, 3.05) is 18.1 Å². The Morgan fingerprint density at radius 3 is 2.63 bits per heavy atom. The Labute approximate surface area is 111 Å². The van der Waals surface area contributed by atoms with Gasteiger partial charge in [0.25, 0.3) is 0 Å². The van der Waals surface area contributed by atoms with E-state index < -0.39 is 11.7 Å². The van der Waals surface area contributed by atoms with Crippen LogP contribution >= 0.6 is 0 Å². The third kappa shape index (κ3) is 3.41. The van der Waals surface area contributed by atoms with Crippen LogP contribution in [0.25, 0.3) is 0 Å². The summed E-state index contributed by atoms with van der Waals surface area (Å²) < 4.78 is 38.9. The second-order valence-electron chi connectivity index (χ2n) is 5.43. The number of halogens is 3. The van der Waals surface area contributed by atoms with Gasteiger partial charge >= 0.3 is 6.18 Å². The molecule has 0 amide bonds. The van der Waals surface area contributed by atoms with Gasteiger partial charge in [0.15, 0.2) is 0 Å². The Morgan fingerprint density at radius 1 is 1.32 bits per heavy atom. The quantitative estimate of drug-likeness (QED) is 0.906. The van der Waals surface area contributed by atoms with E-state index in [4.69, 9.17) is 0 Å². The lowest BCUT2D eigenvalue weighted by Gasteiger charge is -2.22. The number of anilines is 1. The summed E-state index contributed by atoms with van der Waals surface area (Å²) in [5, 5.41) is 3.27. The van der Waals surface area contributed by atoms with E-state index in [0.29, 0.717) is 19.1 Å². The highest BCUT2D eigenvalue weighted by Gasteiger charge is 2.36. The maximum Gasteiger partial charge on any atom is 0.418 e. The number of para-hydroxylation sites is 1. The maximum absolute atomic E-state index is 13.0. The summed E-state index contributed by atoms with van der Waals surface area (Å²) in [5.41, 5.74) is -0.282. The Morgan fingerprint density at radius 2 is 2.00 bits per heavy atom. The fourth-order valence-electron chi connectivity index (χ4n) is 2.53. The predicted molar refractivity (Wildman–Crippen MR) is 70.0 cm³/mol. The second-order valence-corrected chi connectivity index (χ2v) is 5.43. The number of nitrogens with one attached hydrogen (secondary N) is 1. The van der Waals surface area contributed by atoms with Gasteiger partial charge in [-0.15, -0.1) is 0 Å². The van der Waals surface area contributed by atoms with Crippen LogP contribution in [0.3, 0.4) is 0 Å². The van der Waals surface area contributed by atoms with Crippen LogP contribution in [0.1, 0.15) is 25.8 Å². The molecule has 1 saturated heterocycles. The lowest BCUT2D eigenvalue weighted by Crippen LogP contribution is -2.25. The Balaban J connectivity index is 2.16. The number of hydrogen-bond acceptors (Lipinski definition) is 2. The Kier molecular flexibility index (Phi) is 4.04. The van der Waals surface area contributed by atoms with Gasteiger partial charge in [-0.2, -0.15) is 13.2 Å². The normalized spacial score (nSPS) is 20.3. The minimum atomic E-state index is -4.30. The molecule has 0 saturated carbocycles. The van der Waals surface area contributed by atoms with Crippen LogP contribution in [0.15, 0.2) is 24.3 Å². The van der Waals surface area contributed by atoms with Crippen LogP contribution in [0.4, 0.5) is 18.9 Å². The zero-order valence-corrected chi connectivity index (χ0v) is 11.2. The molecule has 1 unspecified atom stereocenters. The van der Waals surface area contributed by atoms with E-state index in [0.717, 1.165) is 12.5 Å². The summed E-state index contributed by atoms with van der Waals surface area (Å²) in [6.07, 6.45) is -3.32. The van der Waals surface area contributed by atoms with Crippen molar-refractivity contribution < 1.29 is 13.2 Å². The molecular formula is C14H19F3N2. The van der Waals surface area contributed by atoms with Gasteiger partial charge in [-0.3, -0.25) is 5.32 Å². The van der Waals surface area contributed by atoms with Gasteiger partial charge in [0.2, 0.25) is 0 Å². The highest BCUT2D eigenvalue weighted by Crippen LogP contribution is 2.37. The van der Waals surface area contributed by atoms with Crippen molar-refractivity contribution in [3.8, 4) is 0 Å². The smallest absolute Gasteiger partial charge is 0.357 e. The van der Waals surface area contributed by atoms with E-state index in [1.807, 2.05) is 0 Å². The van der Waals surface area contributed by atoms with Crippen LogP contribution in [0, 0.1) is 5.92 Å². The number of alkyl halides is 3. The van der Waals surface area contributed by atoms with Crippen LogP contribution in [-0.2, 0) is 6.18 Å². The van der Waals surface area contributed by atoms with Crippen molar-refractivity contribution >= 4 is 5.69 Å². The number of benzene rings is 1. The molecule has 1 aliphatic heterocycles. The van der Waals surface area contributed by atoms with Crippen molar-refractivity contribution in [2.45, 2.75) is 32.5 Å². The highest BCUT2D eigenvalue weighted by molar-refractivity contribution is 5.55. The lowest BCUT2D eigenvalue weighted by molar-refractivity contribution is -0.137. The maximum atomic E-state index is 13.0. The summed E-state index contributed by atoms with van der Waals surface area (Å²) in [4.78, 5) is 1.77. The minimum absolute atomic E-state index is 0.265. The number of rotatable bonds is 3. The van der Waals surface area contributed by atoms with Gasteiger partial charge in [0.1, 0.15) is 0 Å². The van der Waals surface area contributed by atoms with E-state index in [1.165, 1.54) is 6.07 Å². The molecule has 0 radical (unpaired) electrons. The fraction of sp³-hybridized carbons (Fsp3) is 0.571. The second kappa shape index (κ2) is 5.41. The molecule has 1 aromatic carbocycles. The topological polar surface area (TPSA) is 15.3 Å². The zero-order chi connectivity index (χ0) is 14.0. The van der Waals surface area contributed by atoms with Crippen molar-refractivity contribution in [3.05, 3.63) is 29.8 Å². The van der Waals surface area contributed by atoms with Crippen LogP contribution in [0.5, 0.6) is 0 Å². The first-order valence-corrected chi connectivity index (χ1v) is 6.52. The summed E-state index contributed by atoms with van der Waals surface area (Å²) >= 11 is 0. The molecule has 1 aliphatic rings. The van der Waals surface area contributed by atoms with Crippen LogP contribution in [-0.4, -0.2) is 19.3 Å². The van der Waals surface area contributed by atoms with E-state index in [9.17, 15) is 13.2 Å². The van der Waals surface area contributed by atoms with E-state index in [2.05, 4.69) is 19.2 Å². The Hall–Kier alpha value is -1.23. The first-order chi connectivity index (χ1) is 8.88. The minimum Gasteiger partial charge on any atom is -0.357 e. The number of hydrogen-bond donors (Lipinski definition) is 1. The van der Waals surface area contributed by atoms with Crippen molar-refractivity contribution in [1.29, 1.82) is 0 Å². The Bertz CT molecular complexity index is 429. The molecule has 0 bridgehead atoms. The highest BCUT2D eigenvalue weighted by atomic mass is 19.4. The van der Waals surface area contributed by atoms with Crippen LogP contribution < -0.4 is 10.2 Å². The van der Waals surface area contributed by atoms with Gasteiger partial charge in [-0.05, 0) is 24.5 Å². The molecule has 2 nitrogen and oxygen atoms in total. The van der Waals surface area contributed by atoms with Gasteiger partial charge in [0, 0.05) is 12.6 Å². The standard InChI is InChI=1S/C14H19F3N2/c1-10(2)7-11-8-19(9-18-11)13-6-4-3-5-12(13)14(15,16)17/h3-6,10-11,18H,7-9H2,1-2H3. The average molecular weight is 272 g/mol. The molecule has 5 heteroatoms. The molecule has 106 valence electrons. The van der Waals surface area contributed by atoms with Crippen LogP contribution in [0.2, 0.25) is 0 Å². The largest absolute Gasteiger partial charge is 0.418 e. The van der Waals surface area contributed by atoms with E-state index in [-0.39, 0.29) is 11.7 Å². The first kappa shape index (κ1) is 14.2. The predicted octanol–water partition coefficient (Wildman–Crippen LogP) is 3.49. The molecule has 2 rings (SSSR count). The fourth-order valence-corrected chi connectivity index (χ4v) is 2.53. The monoisotopic (exact) mass is 272 g/mol. The molecule has 0 aromatic heterocycles.